The zero-order valence-corrected chi connectivity index (χ0v) is 17.7. The van der Waals surface area contributed by atoms with Crippen molar-refractivity contribution >= 4 is 22.7 Å². The number of amides is 1. The highest BCUT2D eigenvalue weighted by Crippen LogP contribution is 2.34. The van der Waals surface area contributed by atoms with Gasteiger partial charge in [0.25, 0.3) is 5.91 Å². The van der Waals surface area contributed by atoms with Crippen LogP contribution in [0.2, 0.25) is 0 Å². The van der Waals surface area contributed by atoms with Gasteiger partial charge in [0.1, 0.15) is 17.0 Å². The Bertz CT molecular complexity index is 1240. The lowest BCUT2D eigenvalue weighted by Crippen LogP contribution is -2.11. The Morgan fingerprint density at radius 2 is 1.87 bits per heavy atom. The molecule has 4 aromatic rings. The second kappa shape index (κ2) is 8.52. The van der Waals surface area contributed by atoms with E-state index in [2.05, 4.69) is 10.3 Å². The van der Waals surface area contributed by atoms with E-state index in [0.717, 1.165) is 28.8 Å². The molecule has 0 aliphatic rings. The Morgan fingerprint density at radius 1 is 1.10 bits per heavy atom. The van der Waals surface area contributed by atoms with Gasteiger partial charge in [-0.25, -0.2) is 4.98 Å². The van der Waals surface area contributed by atoms with Crippen molar-refractivity contribution in [2.45, 2.75) is 27.2 Å². The molecule has 0 bridgehead atoms. The standard InChI is InChI=1S/C25H24N2O4/c1-4-11-30-19-8-5-17(6-9-19)24(29)26-18-7-10-22(28)20(14-18)25-27-21-13-15(2)12-16(3)23(21)31-25/h5-10,12-14,28H,4,11H2,1-3H3,(H,26,29). The summed E-state index contributed by atoms with van der Waals surface area (Å²) in [6.07, 6.45) is 0.921. The number of ether oxygens (including phenoxy) is 1. The summed E-state index contributed by atoms with van der Waals surface area (Å²) in [5, 5.41) is 13.2. The van der Waals surface area contributed by atoms with Crippen LogP contribution in [0, 0.1) is 13.8 Å². The number of aryl methyl sites for hydroxylation is 2. The summed E-state index contributed by atoms with van der Waals surface area (Å²) in [7, 11) is 0. The number of carbonyl (C=O) groups excluding carboxylic acids is 1. The maximum Gasteiger partial charge on any atom is 0.255 e. The average Bonchev–Trinajstić information content (AvgIpc) is 3.18. The highest BCUT2D eigenvalue weighted by Gasteiger charge is 2.16. The van der Waals surface area contributed by atoms with Gasteiger partial charge in [0.05, 0.1) is 12.2 Å². The molecule has 2 N–H and O–H groups in total. The topological polar surface area (TPSA) is 84.6 Å². The third-order valence-corrected chi connectivity index (χ3v) is 4.89. The molecule has 0 aliphatic carbocycles. The number of aromatic hydroxyl groups is 1. The first-order valence-corrected chi connectivity index (χ1v) is 10.2. The third kappa shape index (κ3) is 4.38. The fraction of sp³-hybridized carbons (Fsp3) is 0.200. The zero-order valence-electron chi connectivity index (χ0n) is 17.7. The molecule has 4 rings (SSSR count). The van der Waals surface area contributed by atoms with Gasteiger partial charge in [0.2, 0.25) is 5.89 Å². The molecule has 1 aromatic heterocycles. The number of nitrogens with zero attached hydrogens (tertiary/aromatic N) is 1. The van der Waals surface area contributed by atoms with E-state index in [1.54, 1.807) is 36.4 Å². The molecule has 6 nitrogen and oxygen atoms in total. The van der Waals surface area contributed by atoms with Crippen LogP contribution in [0.25, 0.3) is 22.6 Å². The number of aromatic nitrogens is 1. The van der Waals surface area contributed by atoms with Crippen molar-refractivity contribution in [3.63, 3.8) is 0 Å². The number of benzene rings is 3. The zero-order chi connectivity index (χ0) is 22.0. The van der Waals surface area contributed by atoms with Crippen molar-refractivity contribution < 1.29 is 19.1 Å². The molecule has 0 radical (unpaired) electrons. The van der Waals surface area contributed by atoms with E-state index in [1.165, 1.54) is 6.07 Å². The first-order chi connectivity index (χ1) is 14.9. The molecule has 0 fully saturated rings. The van der Waals surface area contributed by atoms with Gasteiger partial charge in [0, 0.05) is 11.3 Å². The SMILES string of the molecule is CCCOc1ccc(C(=O)Nc2ccc(O)c(-c3nc4cc(C)cc(C)c4o3)c2)cc1. The van der Waals surface area contributed by atoms with E-state index < -0.39 is 0 Å². The molecule has 0 aliphatic heterocycles. The van der Waals surface area contributed by atoms with Crippen molar-refractivity contribution in [1.29, 1.82) is 0 Å². The van der Waals surface area contributed by atoms with Crippen molar-refractivity contribution in [2.24, 2.45) is 0 Å². The van der Waals surface area contributed by atoms with Crippen LogP contribution in [0.15, 0.2) is 59.0 Å². The Labute approximate surface area is 180 Å². The average molecular weight is 416 g/mol. The highest BCUT2D eigenvalue weighted by molar-refractivity contribution is 6.04. The van der Waals surface area contributed by atoms with Crippen molar-refractivity contribution in [2.75, 3.05) is 11.9 Å². The van der Waals surface area contributed by atoms with Crippen LogP contribution >= 0.6 is 0 Å². The van der Waals surface area contributed by atoms with Crippen molar-refractivity contribution in [1.82, 2.24) is 4.98 Å². The number of phenolic OH excluding ortho intramolecular Hbond substituents is 1. The Balaban J connectivity index is 1.58. The molecule has 6 heteroatoms. The van der Waals surface area contributed by atoms with E-state index in [1.807, 2.05) is 32.9 Å². The summed E-state index contributed by atoms with van der Waals surface area (Å²) in [4.78, 5) is 17.2. The number of anilines is 1. The maximum atomic E-state index is 12.6. The van der Waals surface area contributed by atoms with Crippen molar-refractivity contribution in [3.8, 4) is 23.0 Å². The lowest BCUT2D eigenvalue weighted by Gasteiger charge is -2.09. The fourth-order valence-corrected chi connectivity index (χ4v) is 3.40. The number of oxazole rings is 1. The van der Waals surface area contributed by atoms with Crippen molar-refractivity contribution in [3.05, 3.63) is 71.3 Å². The van der Waals surface area contributed by atoms with E-state index in [-0.39, 0.29) is 11.7 Å². The summed E-state index contributed by atoms with van der Waals surface area (Å²) in [6.45, 7) is 6.63. The lowest BCUT2D eigenvalue weighted by molar-refractivity contribution is 0.102. The molecule has 1 amide bonds. The molecular weight excluding hydrogens is 392 g/mol. The van der Waals surface area contributed by atoms with Gasteiger partial charge in [0.15, 0.2) is 5.58 Å². The van der Waals surface area contributed by atoms with E-state index in [0.29, 0.717) is 34.9 Å². The monoisotopic (exact) mass is 416 g/mol. The third-order valence-electron chi connectivity index (χ3n) is 4.89. The van der Waals surface area contributed by atoms with Gasteiger partial charge < -0.3 is 19.6 Å². The molecule has 1 heterocycles. The number of fused-ring (bicyclic) bond motifs is 1. The molecule has 0 saturated carbocycles. The van der Waals surface area contributed by atoms with Gasteiger partial charge in [-0.15, -0.1) is 0 Å². The minimum absolute atomic E-state index is 0.0244. The summed E-state index contributed by atoms with van der Waals surface area (Å²) in [5.41, 5.74) is 4.91. The Kier molecular flexibility index (Phi) is 5.62. The molecule has 0 atom stereocenters. The van der Waals surface area contributed by atoms with Crippen LogP contribution in [0.5, 0.6) is 11.5 Å². The number of rotatable bonds is 6. The van der Waals surface area contributed by atoms with Crippen LogP contribution in [-0.4, -0.2) is 22.6 Å². The van der Waals surface area contributed by atoms with Crippen LogP contribution in [0.3, 0.4) is 0 Å². The number of phenols is 1. The summed E-state index contributed by atoms with van der Waals surface area (Å²) < 4.78 is 11.5. The van der Waals surface area contributed by atoms with E-state index in [4.69, 9.17) is 9.15 Å². The van der Waals surface area contributed by atoms with Gasteiger partial charge in [-0.2, -0.15) is 0 Å². The van der Waals surface area contributed by atoms with E-state index in [9.17, 15) is 9.90 Å². The number of hydrogen-bond acceptors (Lipinski definition) is 5. The lowest BCUT2D eigenvalue weighted by atomic mass is 10.1. The quantitative estimate of drug-likeness (QED) is 0.385. The molecule has 0 saturated heterocycles. The molecule has 3 aromatic carbocycles. The summed E-state index contributed by atoms with van der Waals surface area (Å²) >= 11 is 0. The summed E-state index contributed by atoms with van der Waals surface area (Å²) in [5.74, 6) is 0.792. The fourth-order valence-electron chi connectivity index (χ4n) is 3.40. The molecule has 0 spiro atoms. The van der Waals surface area contributed by atoms with Gasteiger partial charge in [-0.1, -0.05) is 13.0 Å². The van der Waals surface area contributed by atoms with Gasteiger partial charge in [-0.05, 0) is 79.9 Å². The van der Waals surface area contributed by atoms with Gasteiger partial charge >= 0.3 is 0 Å². The van der Waals surface area contributed by atoms with Crippen LogP contribution in [-0.2, 0) is 0 Å². The molecular formula is C25H24N2O4. The maximum absolute atomic E-state index is 12.6. The van der Waals surface area contributed by atoms with Crippen LogP contribution in [0.1, 0.15) is 34.8 Å². The number of nitrogens with one attached hydrogen (secondary N) is 1. The smallest absolute Gasteiger partial charge is 0.255 e. The molecule has 158 valence electrons. The van der Waals surface area contributed by atoms with E-state index >= 15 is 0 Å². The predicted molar refractivity (Wildman–Crippen MR) is 121 cm³/mol. The second-order valence-electron chi connectivity index (χ2n) is 7.51. The largest absolute Gasteiger partial charge is 0.507 e. The predicted octanol–water partition coefficient (Wildman–Crippen LogP) is 5.86. The minimum atomic E-state index is -0.261. The van der Waals surface area contributed by atoms with Crippen LogP contribution < -0.4 is 10.1 Å². The number of hydrogen-bond donors (Lipinski definition) is 2. The van der Waals surface area contributed by atoms with Gasteiger partial charge in [-0.3, -0.25) is 4.79 Å². The second-order valence-corrected chi connectivity index (χ2v) is 7.51. The molecule has 31 heavy (non-hydrogen) atoms. The first-order valence-electron chi connectivity index (χ1n) is 10.2. The normalized spacial score (nSPS) is 10.9. The van der Waals surface area contributed by atoms with Crippen LogP contribution in [0.4, 0.5) is 5.69 Å². The molecule has 0 unspecified atom stereocenters. The summed E-state index contributed by atoms with van der Waals surface area (Å²) in [6, 6.07) is 15.7. The Morgan fingerprint density at radius 3 is 2.61 bits per heavy atom. The Hall–Kier alpha value is -3.80. The minimum Gasteiger partial charge on any atom is -0.507 e. The highest BCUT2D eigenvalue weighted by atomic mass is 16.5. The number of carbonyl (C=O) groups is 1. The first kappa shape index (κ1) is 20.5.